The van der Waals surface area contributed by atoms with Gasteiger partial charge in [0.25, 0.3) is 0 Å². The molecule has 68 valence electrons. The van der Waals surface area contributed by atoms with Crippen LogP contribution in [0, 0.1) is 11.2 Å². The van der Waals surface area contributed by atoms with E-state index in [1.165, 1.54) is 18.7 Å². The van der Waals surface area contributed by atoms with Gasteiger partial charge in [0.1, 0.15) is 0 Å². The molecule has 1 aromatic heterocycles. The van der Waals surface area contributed by atoms with Crippen LogP contribution in [-0.2, 0) is 4.79 Å². The summed E-state index contributed by atoms with van der Waals surface area (Å²) in [6, 6.07) is 0. The highest BCUT2D eigenvalue weighted by Crippen LogP contribution is 2.18. The van der Waals surface area contributed by atoms with E-state index in [4.69, 9.17) is 0 Å². The molecule has 1 rings (SSSR count). The lowest BCUT2D eigenvalue weighted by Gasteiger charge is -1.90. The van der Waals surface area contributed by atoms with Crippen LogP contribution in [0.15, 0.2) is 5.16 Å². The maximum atomic E-state index is 10.6. The first-order chi connectivity index (χ1) is 6.22. The lowest BCUT2D eigenvalue weighted by atomic mass is 10.7. The molecule has 6 heteroatoms. The molecule has 0 atom stereocenters. The quantitative estimate of drug-likeness (QED) is 0.598. The Morgan fingerprint density at radius 3 is 3.08 bits per heavy atom. The van der Waals surface area contributed by atoms with Gasteiger partial charge in [-0.25, -0.2) is 0 Å². The summed E-state index contributed by atoms with van der Waals surface area (Å²) in [5.74, 6) is 2.57. The van der Waals surface area contributed by atoms with Crippen LogP contribution < -0.4 is 5.32 Å². The normalized spacial score (nSPS) is 8.77. The number of thioether (sulfide) groups is 1. The van der Waals surface area contributed by atoms with E-state index >= 15 is 0 Å². The molecule has 13 heavy (non-hydrogen) atoms. The maximum Gasteiger partial charge on any atom is 0.223 e. The Kier molecular flexibility index (Phi) is 3.73. The van der Waals surface area contributed by atoms with Crippen LogP contribution in [0.4, 0.5) is 5.13 Å². The summed E-state index contributed by atoms with van der Waals surface area (Å²) in [6.07, 6.45) is 0. The number of aromatic nitrogens is 2. The third-order valence-electron chi connectivity index (χ3n) is 0.935. The molecule has 1 amide bonds. The first-order valence-corrected chi connectivity index (χ1v) is 5.01. The second kappa shape index (κ2) is 4.84. The van der Waals surface area contributed by atoms with Crippen molar-refractivity contribution < 1.29 is 4.79 Å². The van der Waals surface area contributed by atoms with Crippen molar-refractivity contribution in [1.29, 1.82) is 0 Å². The maximum absolute atomic E-state index is 10.6. The van der Waals surface area contributed by atoms with Crippen molar-refractivity contribution in [3.05, 3.63) is 0 Å². The van der Waals surface area contributed by atoms with E-state index in [-0.39, 0.29) is 5.91 Å². The fourth-order valence-corrected chi connectivity index (χ4v) is 1.72. The number of amides is 1. The molecule has 0 fully saturated rings. The van der Waals surface area contributed by atoms with Gasteiger partial charge in [0, 0.05) is 30.2 Å². The number of nitrogens with one attached hydrogen (secondary N) is 1. The van der Waals surface area contributed by atoms with Gasteiger partial charge in [0.2, 0.25) is 16.2 Å². The zero-order valence-corrected chi connectivity index (χ0v) is 8.75. The summed E-state index contributed by atoms with van der Waals surface area (Å²) < 4.78 is 3.98. The van der Waals surface area contributed by atoms with E-state index < -0.39 is 0 Å². The van der Waals surface area contributed by atoms with Crippen molar-refractivity contribution in [2.75, 3.05) is 5.32 Å². The highest BCUT2D eigenvalue weighted by Gasteiger charge is 2.03. The highest BCUT2D eigenvalue weighted by atomic mass is 32.2. The van der Waals surface area contributed by atoms with Gasteiger partial charge in [0.05, 0.1) is 0 Å². The number of nitrogens with zero attached hydrogens (tertiary/aromatic N) is 2. The summed E-state index contributed by atoms with van der Waals surface area (Å²) in [7, 11) is 0. The minimum Gasteiger partial charge on any atom is -0.301 e. The fraction of sp³-hybridized carbons (Fsp3) is 0.286. The van der Waals surface area contributed by atoms with Crippen LogP contribution >= 0.6 is 23.3 Å². The Morgan fingerprint density at radius 2 is 2.46 bits per heavy atom. The predicted molar refractivity (Wildman–Crippen MR) is 53.5 cm³/mol. The van der Waals surface area contributed by atoms with Gasteiger partial charge in [-0.2, -0.15) is 9.36 Å². The Balaban J connectivity index is 2.61. The molecule has 1 aromatic rings. The SMILES string of the molecule is CC#CSc1nsc(NC(C)=O)n1. The van der Waals surface area contributed by atoms with E-state index in [1.54, 1.807) is 6.92 Å². The average molecular weight is 213 g/mol. The standard InChI is InChI=1S/C7H7N3OS2/c1-3-4-12-7-9-6(13-10-7)8-5(2)11/h1-2H3,(H,8,9,10,11). The fourth-order valence-electron chi connectivity index (χ4n) is 0.549. The van der Waals surface area contributed by atoms with Gasteiger partial charge in [-0.05, 0) is 12.2 Å². The summed E-state index contributed by atoms with van der Waals surface area (Å²) in [5, 5.41) is 6.39. The van der Waals surface area contributed by atoms with Crippen LogP contribution in [0.25, 0.3) is 0 Å². The third-order valence-corrected chi connectivity index (χ3v) is 2.35. The summed E-state index contributed by atoms with van der Waals surface area (Å²) in [4.78, 5) is 14.7. The van der Waals surface area contributed by atoms with E-state index in [1.807, 2.05) is 0 Å². The zero-order chi connectivity index (χ0) is 9.68. The second-order valence-corrected chi connectivity index (χ2v) is 3.54. The van der Waals surface area contributed by atoms with Gasteiger partial charge >= 0.3 is 0 Å². The Labute approximate surface area is 84.3 Å². The monoisotopic (exact) mass is 213 g/mol. The number of anilines is 1. The molecule has 0 saturated carbocycles. The minimum absolute atomic E-state index is 0.144. The van der Waals surface area contributed by atoms with Crippen molar-refractivity contribution in [2.24, 2.45) is 0 Å². The molecule has 0 unspecified atom stereocenters. The molecule has 0 aliphatic carbocycles. The number of hydrogen-bond acceptors (Lipinski definition) is 5. The second-order valence-electron chi connectivity index (χ2n) is 2.02. The predicted octanol–water partition coefficient (Wildman–Crippen LogP) is 1.57. The topological polar surface area (TPSA) is 54.9 Å². The number of rotatable bonds is 2. The first kappa shape index (κ1) is 10.0. The lowest BCUT2D eigenvalue weighted by molar-refractivity contribution is -0.114. The molecule has 4 nitrogen and oxygen atoms in total. The summed E-state index contributed by atoms with van der Waals surface area (Å²) in [5.41, 5.74) is 0. The Hall–Kier alpha value is -1.06. The van der Waals surface area contributed by atoms with Gasteiger partial charge < -0.3 is 5.32 Å². The smallest absolute Gasteiger partial charge is 0.223 e. The van der Waals surface area contributed by atoms with Crippen LogP contribution in [0.5, 0.6) is 0 Å². The van der Waals surface area contributed by atoms with Crippen LogP contribution in [0.2, 0.25) is 0 Å². The van der Waals surface area contributed by atoms with Gasteiger partial charge in [0.15, 0.2) is 0 Å². The molecule has 0 aliphatic rings. The number of hydrogen-bond donors (Lipinski definition) is 1. The molecule has 0 spiro atoms. The number of carbonyl (C=O) groups excluding carboxylic acids is 1. The highest BCUT2D eigenvalue weighted by molar-refractivity contribution is 8.03. The molecule has 1 N–H and O–H groups in total. The van der Waals surface area contributed by atoms with Crippen molar-refractivity contribution in [1.82, 2.24) is 9.36 Å². The van der Waals surface area contributed by atoms with Crippen molar-refractivity contribution in [3.63, 3.8) is 0 Å². The first-order valence-electron chi connectivity index (χ1n) is 3.42. The molecule has 0 radical (unpaired) electrons. The van der Waals surface area contributed by atoms with Crippen LogP contribution in [-0.4, -0.2) is 15.3 Å². The summed E-state index contributed by atoms with van der Waals surface area (Å²) >= 11 is 2.39. The van der Waals surface area contributed by atoms with Gasteiger partial charge in [-0.3, -0.25) is 4.79 Å². The molecule has 1 heterocycles. The van der Waals surface area contributed by atoms with Crippen LogP contribution in [0.3, 0.4) is 0 Å². The molecule has 0 aliphatic heterocycles. The molecule has 0 saturated heterocycles. The third kappa shape index (κ3) is 3.44. The van der Waals surface area contributed by atoms with Gasteiger partial charge in [-0.1, -0.05) is 5.92 Å². The molecular weight excluding hydrogens is 206 g/mol. The summed E-state index contributed by atoms with van der Waals surface area (Å²) in [6.45, 7) is 3.17. The molecular formula is C7H7N3OS2. The number of carbonyl (C=O) groups is 1. The largest absolute Gasteiger partial charge is 0.301 e. The van der Waals surface area contributed by atoms with Crippen molar-refractivity contribution in [3.8, 4) is 11.2 Å². The molecule has 0 aromatic carbocycles. The van der Waals surface area contributed by atoms with E-state index in [2.05, 4.69) is 25.8 Å². The van der Waals surface area contributed by atoms with E-state index in [0.29, 0.717) is 10.3 Å². The van der Waals surface area contributed by atoms with Crippen LogP contribution in [0.1, 0.15) is 13.8 Å². The lowest BCUT2D eigenvalue weighted by Crippen LogP contribution is -2.04. The minimum atomic E-state index is -0.144. The van der Waals surface area contributed by atoms with Crippen molar-refractivity contribution in [2.45, 2.75) is 19.0 Å². The van der Waals surface area contributed by atoms with Crippen molar-refractivity contribution >= 4 is 34.3 Å². The zero-order valence-electron chi connectivity index (χ0n) is 7.12. The van der Waals surface area contributed by atoms with Gasteiger partial charge in [-0.15, -0.1) is 0 Å². The van der Waals surface area contributed by atoms with E-state index in [0.717, 1.165) is 11.5 Å². The van der Waals surface area contributed by atoms with E-state index in [9.17, 15) is 4.79 Å². The average Bonchev–Trinajstić information content (AvgIpc) is 2.48. The molecule has 0 bridgehead atoms. The Morgan fingerprint density at radius 1 is 1.69 bits per heavy atom. The Bertz CT molecular complexity index is 363.